The minimum atomic E-state index is -0.253. The van der Waals surface area contributed by atoms with Crippen molar-refractivity contribution >= 4 is 33.8 Å². The molecule has 10 heteroatoms. The molecule has 2 saturated heterocycles. The van der Waals surface area contributed by atoms with Crippen molar-refractivity contribution in [3.63, 3.8) is 0 Å². The summed E-state index contributed by atoms with van der Waals surface area (Å²) >= 11 is 0. The Balaban J connectivity index is 1.21. The Morgan fingerprint density at radius 3 is 1.70 bits per heavy atom. The van der Waals surface area contributed by atoms with Gasteiger partial charge in [-0.15, -0.1) is 0 Å². The van der Waals surface area contributed by atoms with E-state index in [4.69, 9.17) is 23.4 Å². The summed E-state index contributed by atoms with van der Waals surface area (Å²) in [7, 11) is 0. The van der Waals surface area contributed by atoms with Gasteiger partial charge in [0.25, 0.3) is 11.8 Å². The lowest BCUT2D eigenvalue weighted by atomic mass is 10.1. The normalized spacial score (nSPS) is 19.2. The molecule has 3 aromatic rings. The van der Waals surface area contributed by atoms with E-state index in [9.17, 15) is 14.4 Å². The molecule has 2 unspecified atom stereocenters. The lowest BCUT2D eigenvalue weighted by Crippen LogP contribution is -2.35. The van der Waals surface area contributed by atoms with Gasteiger partial charge in [-0.1, -0.05) is 0 Å². The average Bonchev–Trinajstić information content (AvgIpc) is 3.63. The monoisotopic (exact) mass is 510 g/mol. The van der Waals surface area contributed by atoms with Crippen LogP contribution in [0.2, 0.25) is 0 Å². The van der Waals surface area contributed by atoms with Crippen molar-refractivity contribution in [3.8, 4) is 11.5 Å². The molecule has 196 valence electrons. The zero-order chi connectivity index (χ0) is 25.6. The number of hydrogen-bond acceptors (Lipinski definition) is 8. The number of rotatable bonds is 10. The molecule has 0 spiro atoms. The van der Waals surface area contributed by atoms with Crippen molar-refractivity contribution < 1.29 is 33.0 Å². The van der Waals surface area contributed by atoms with E-state index < -0.39 is 0 Å². The Bertz CT molecular complexity index is 1230. The molecule has 2 amide bonds. The third-order valence-corrected chi connectivity index (χ3v) is 6.46. The van der Waals surface area contributed by atoms with Crippen LogP contribution in [0.3, 0.4) is 0 Å². The first-order valence-electron chi connectivity index (χ1n) is 12.6. The minimum absolute atomic E-state index is 0.0574. The molecule has 2 N–H and O–H groups in total. The number of carbonyl (C=O) groups is 2. The number of hydrogen-bond donors (Lipinski definition) is 2. The van der Waals surface area contributed by atoms with Gasteiger partial charge in [-0.3, -0.25) is 14.4 Å². The van der Waals surface area contributed by atoms with Gasteiger partial charge in [0.05, 0.1) is 23.0 Å². The molecular formula is C27H30N2O8. The Labute approximate surface area is 213 Å². The van der Waals surface area contributed by atoms with Gasteiger partial charge >= 0.3 is 0 Å². The highest BCUT2D eigenvalue weighted by atomic mass is 16.5. The van der Waals surface area contributed by atoms with E-state index in [-0.39, 0.29) is 42.7 Å². The van der Waals surface area contributed by atoms with Crippen molar-refractivity contribution in [1.82, 2.24) is 10.6 Å². The van der Waals surface area contributed by atoms with Crippen LogP contribution in [0, 0.1) is 0 Å². The van der Waals surface area contributed by atoms with E-state index in [1.165, 1.54) is 0 Å². The van der Waals surface area contributed by atoms with Crippen molar-refractivity contribution in [2.45, 2.75) is 37.9 Å². The zero-order valence-electron chi connectivity index (χ0n) is 20.5. The van der Waals surface area contributed by atoms with Gasteiger partial charge in [0, 0.05) is 38.4 Å². The molecule has 2 fully saturated rings. The SMILES string of the molecule is O=C(COc1ccc2c(=O)c3ccc(OCC(=O)NCC4CCCO4)cc3oc2c1)NCC1CCCO1. The molecule has 2 aliphatic rings. The fourth-order valence-corrected chi connectivity index (χ4v) is 4.46. The van der Waals surface area contributed by atoms with E-state index in [1.54, 1.807) is 36.4 Å². The van der Waals surface area contributed by atoms with Gasteiger partial charge in [-0.05, 0) is 49.9 Å². The summed E-state index contributed by atoms with van der Waals surface area (Å²) in [4.78, 5) is 37.2. The summed E-state index contributed by atoms with van der Waals surface area (Å²) in [6.45, 7) is 2.05. The van der Waals surface area contributed by atoms with Crippen LogP contribution in [0.4, 0.5) is 0 Å². The molecule has 2 aliphatic heterocycles. The van der Waals surface area contributed by atoms with Crippen LogP contribution in [0.5, 0.6) is 11.5 Å². The molecule has 0 bridgehead atoms. The smallest absolute Gasteiger partial charge is 0.258 e. The number of ether oxygens (including phenoxy) is 4. The number of carbonyl (C=O) groups excluding carboxylic acids is 2. The quantitative estimate of drug-likeness (QED) is 0.398. The summed E-state index contributed by atoms with van der Waals surface area (Å²) in [5.41, 5.74) is 0.445. The van der Waals surface area contributed by atoms with Crippen molar-refractivity contribution in [3.05, 3.63) is 46.6 Å². The van der Waals surface area contributed by atoms with Gasteiger partial charge < -0.3 is 34.0 Å². The first-order chi connectivity index (χ1) is 18.0. The van der Waals surface area contributed by atoms with Crippen LogP contribution < -0.4 is 25.5 Å². The maximum Gasteiger partial charge on any atom is 0.258 e. The molecular weight excluding hydrogens is 480 g/mol. The minimum Gasteiger partial charge on any atom is -0.484 e. The van der Waals surface area contributed by atoms with Gasteiger partial charge in [0.1, 0.15) is 22.7 Å². The number of benzene rings is 2. The van der Waals surface area contributed by atoms with Gasteiger partial charge in [0.15, 0.2) is 13.2 Å². The topological polar surface area (TPSA) is 125 Å². The average molecular weight is 511 g/mol. The fraction of sp³-hybridized carbons (Fsp3) is 0.444. The van der Waals surface area contributed by atoms with Gasteiger partial charge in [-0.25, -0.2) is 0 Å². The Morgan fingerprint density at radius 1 is 0.784 bits per heavy atom. The molecule has 2 atom stereocenters. The molecule has 0 radical (unpaired) electrons. The van der Waals surface area contributed by atoms with Crippen LogP contribution in [0.1, 0.15) is 25.7 Å². The van der Waals surface area contributed by atoms with Crippen molar-refractivity contribution in [1.29, 1.82) is 0 Å². The summed E-state index contributed by atoms with van der Waals surface area (Å²) in [6.07, 6.45) is 4.01. The zero-order valence-corrected chi connectivity index (χ0v) is 20.5. The van der Waals surface area contributed by atoms with Crippen LogP contribution in [0.25, 0.3) is 21.9 Å². The van der Waals surface area contributed by atoms with Gasteiger partial charge in [0.2, 0.25) is 5.43 Å². The van der Waals surface area contributed by atoms with Gasteiger partial charge in [-0.2, -0.15) is 0 Å². The van der Waals surface area contributed by atoms with Crippen LogP contribution in [-0.2, 0) is 19.1 Å². The summed E-state index contributed by atoms with van der Waals surface area (Å²) in [5.74, 6) is 0.296. The molecule has 0 saturated carbocycles. The summed E-state index contributed by atoms with van der Waals surface area (Å²) < 4.78 is 28.1. The van der Waals surface area contributed by atoms with E-state index in [0.29, 0.717) is 46.5 Å². The van der Waals surface area contributed by atoms with Crippen molar-refractivity contribution in [2.24, 2.45) is 0 Å². The lowest BCUT2D eigenvalue weighted by Gasteiger charge is -2.12. The van der Waals surface area contributed by atoms with E-state index in [0.717, 1.165) is 38.9 Å². The molecule has 0 aliphatic carbocycles. The maximum atomic E-state index is 13.0. The largest absolute Gasteiger partial charge is 0.484 e. The second-order valence-electron chi connectivity index (χ2n) is 9.20. The summed E-state index contributed by atoms with van der Waals surface area (Å²) in [6, 6.07) is 9.65. The highest BCUT2D eigenvalue weighted by Gasteiger charge is 2.18. The standard InChI is InChI=1S/C27H30N2O8/c30-25(28-13-19-3-1-9-33-19)15-35-17-5-7-21-23(11-17)37-24-12-18(6-8-22(24)27(21)32)36-16-26(31)29-14-20-4-2-10-34-20/h5-8,11-12,19-20H,1-4,9-10,13-16H2,(H,28,30)(H,29,31). The predicted molar refractivity (Wildman–Crippen MR) is 135 cm³/mol. The first-order valence-corrected chi connectivity index (χ1v) is 12.6. The fourth-order valence-electron chi connectivity index (χ4n) is 4.46. The van der Waals surface area contributed by atoms with E-state index in [2.05, 4.69) is 10.6 Å². The second kappa shape index (κ2) is 11.6. The van der Waals surface area contributed by atoms with E-state index in [1.807, 2.05) is 0 Å². The highest BCUT2D eigenvalue weighted by molar-refractivity contribution is 5.91. The lowest BCUT2D eigenvalue weighted by molar-refractivity contribution is -0.124. The number of nitrogens with one attached hydrogen (secondary N) is 2. The van der Waals surface area contributed by atoms with Crippen LogP contribution in [-0.4, -0.2) is 63.5 Å². The number of fused-ring (bicyclic) bond motifs is 2. The third kappa shape index (κ3) is 6.39. The van der Waals surface area contributed by atoms with Crippen LogP contribution >= 0.6 is 0 Å². The molecule has 5 rings (SSSR count). The number of amides is 2. The van der Waals surface area contributed by atoms with E-state index >= 15 is 0 Å². The Hall–Kier alpha value is -3.63. The molecule has 2 aromatic carbocycles. The first kappa shape index (κ1) is 25.0. The molecule has 10 nitrogen and oxygen atoms in total. The van der Waals surface area contributed by atoms with Crippen molar-refractivity contribution in [2.75, 3.05) is 39.5 Å². The molecule has 1 aromatic heterocycles. The third-order valence-electron chi connectivity index (χ3n) is 6.46. The summed E-state index contributed by atoms with van der Waals surface area (Å²) in [5, 5.41) is 6.39. The second-order valence-corrected chi connectivity index (χ2v) is 9.20. The van der Waals surface area contributed by atoms with Crippen LogP contribution in [0.15, 0.2) is 45.6 Å². The Kier molecular flexibility index (Phi) is 7.86. The Morgan fingerprint density at radius 2 is 1.27 bits per heavy atom. The molecule has 37 heavy (non-hydrogen) atoms. The predicted octanol–water partition coefficient (Wildman–Crippen LogP) is 2.29. The molecule has 3 heterocycles. The highest BCUT2D eigenvalue weighted by Crippen LogP contribution is 2.25. The maximum absolute atomic E-state index is 13.0.